The molecular weight excluding hydrogens is 276 g/mol. The molecule has 0 fully saturated rings. The normalized spacial score (nSPS) is 12.8. The lowest BCUT2D eigenvalue weighted by atomic mass is 10.00. The monoisotopic (exact) mass is 302 g/mol. The first-order valence-corrected chi connectivity index (χ1v) is 8.66. The van der Waals surface area contributed by atoms with Crippen molar-refractivity contribution >= 4 is 11.3 Å². The Kier molecular flexibility index (Phi) is 5.95. The number of nitrogens with zero attached hydrogens (tertiary/aromatic N) is 1. The van der Waals surface area contributed by atoms with Crippen molar-refractivity contribution in [2.45, 2.75) is 46.6 Å². The second-order valence-electron chi connectivity index (χ2n) is 6.12. The first kappa shape index (κ1) is 16.2. The fourth-order valence-electron chi connectivity index (χ4n) is 2.47. The number of thiazole rings is 1. The first-order chi connectivity index (χ1) is 10.0. The molecule has 0 saturated carbocycles. The number of benzene rings is 1. The second-order valence-corrected chi connectivity index (χ2v) is 7.19. The summed E-state index contributed by atoms with van der Waals surface area (Å²) in [6.45, 7) is 9.78. The predicted molar refractivity (Wildman–Crippen MR) is 92.0 cm³/mol. The van der Waals surface area contributed by atoms with Gasteiger partial charge in [0.15, 0.2) is 0 Å². The maximum atomic E-state index is 4.50. The van der Waals surface area contributed by atoms with Gasteiger partial charge < -0.3 is 5.32 Å². The van der Waals surface area contributed by atoms with Crippen LogP contribution in [-0.4, -0.2) is 11.5 Å². The van der Waals surface area contributed by atoms with Crippen LogP contribution in [0, 0.1) is 12.8 Å². The van der Waals surface area contributed by atoms with Crippen molar-refractivity contribution in [1.82, 2.24) is 10.3 Å². The van der Waals surface area contributed by atoms with Crippen LogP contribution in [0.4, 0.5) is 0 Å². The molecule has 0 aliphatic heterocycles. The van der Waals surface area contributed by atoms with Gasteiger partial charge in [0.1, 0.15) is 0 Å². The smallest absolute Gasteiger partial charge is 0.0897 e. The summed E-state index contributed by atoms with van der Waals surface area (Å²) in [5, 5.41) is 6.89. The minimum Gasteiger partial charge on any atom is -0.310 e. The Balaban J connectivity index is 1.81. The molecule has 2 rings (SSSR count). The average molecular weight is 302 g/mol. The minimum absolute atomic E-state index is 0.387. The zero-order valence-corrected chi connectivity index (χ0v) is 14.3. The minimum atomic E-state index is 0.387. The Morgan fingerprint density at radius 1 is 1.14 bits per heavy atom. The molecule has 1 heterocycles. The van der Waals surface area contributed by atoms with Crippen LogP contribution < -0.4 is 5.32 Å². The van der Waals surface area contributed by atoms with Crippen LogP contribution in [0.25, 0.3) is 0 Å². The highest BCUT2D eigenvalue weighted by molar-refractivity contribution is 7.09. The van der Waals surface area contributed by atoms with Gasteiger partial charge in [0, 0.05) is 24.4 Å². The van der Waals surface area contributed by atoms with Crippen molar-refractivity contribution in [2.24, 2.45) is 5.92 Å². The lowest BCUT2D eigenvalue weighted by molar-refractivity contribution is 0.574. The molecule has 0 aliphatic carbocycles. The summed E-state index contributed by atoms with van der Waals surface area (Å²) >= 11 is 1.73. The molecule has 21 heavy (non-hydrogen) atoms. The Hall–Kier alpha value is -1.19. The molecule has 0 spiro atoms. The number of nitrogens with one attached hydrogen (secondary N) is 1. The molecule has 3 heteroatoms. The molecule has 1 aromatic carbocycles. The third-order valence-corrected chi connectivity index (χ3v) is 4.44. The van der Waals surface area contributed by atoms with Gasteiger partial charge in [-0.15, -0.1) is 11.3 Å². The molecule has 0 bridgehead atoms. The molecule has 1 unspecified atom stereocenters. The maximum absolute atomic E-state index is 4.50. The fourth-order valence-corrected chi connectivity index (χ4v) is 3.12. The largest absolute Gasteiger partial charge is 0.310 e. The Morgan fingerprint density at radius 3 is 2.43 bits per heavy atom. The predicted octanol–water partition coefficient (Wildman–Crippen LogP) is 4.54. The lowest BCUT2D eigenvalue weighted by Crippen LogP contribution is -2.21. The summed E-state index contributed by atoms with van der Waals surface area (Å²) < 4.78 is 0. The zero-order valence-electron chi connectivity index (χ0n) is 13.5. The van der Waals surface area contributed by atoms with Crippen molar-refractivity contribution < 1.29 is 0 Å². The second kappa shape index (κ2) is 7.71. The van der Waals surface area contributed by atoms with Crippen LogP contribution >= 0.6 is 11.3 Å². The van der Waals surface area contributed by atoms with Gasteiger partial charge in [0.2, 0.25) is 0 Å². The van der Waals surface area contributed by atoms with E-state index >= 15 is 0 Å². The Morgan fingerprint density at radius 2 is 1.86 bits per heavy atom. The van der Waals surface area contributed by atoms with Gasteiger partial charge in [-0.1, -0.05) is 38.1 Å². The number of rotatable bonds is 7. The van der Waals surface area contributed by atoms with E-state index in [4.69, 9.17) is 0 Å². The van der Waals surface area contributed by atoms with E-state index in [0.29, 0.717) is 12.0 Å². The Labute approximate surface area is 132 Å². The summed E-state index contributed by atoms with van der Waals surface area (Å²) in [7, 11) is 0. The molecule has 2 aromatic rings. The van der Waals surface area contributed by atoms with Crippen LogP contribution in [0.1, 0.15) is 48.6 Å². The number of hydrogen-bond acceptors (Lipinski definition) is 3. The van der Waals surface area contributed by atoms with Gasteiger partial charge >= 0.3 is 0 Å². The highest BCUT2D eigenvalue weighted by atomic mass is 32.1. The molecule has 0 radical (unpaired) electrons. The van der Waals surface area contributed by atoms with E-state index < -0.39 is 0 Å². The fraction of sp³-hybridized carbons (Fsp3) is 0.500. The molecule has 1 aromatic heterocycles. The van der Waals surface area contributed by atoms with Crippen molar-refractivity contribution in [1.29, 1.82) is 0 Å². The molecule has 114 valence electrons. The van der Waals surface area contributed by atoms with Gasteiger partial charge in [0.25, 0.3) is 0 Å². The average Bonchev–Trinajstić information content (AvgIpc) is 2.84. The summed E-state index contributed by atoms with van der Waals surface area (Å²) in [6, 6.07) is 9.41. The SMILES string of the molecule is Cc1nc(CCNC(C)c2ccc(CC(C)C)cc2)cs1. The van der Waals surface area contributed by atoms with Crippen molar-refractivity contribution in [3.05, 3.63) is 51.5 Å². The van der Waals surface area contributed by atoms with Crippen LogP contribution in [0.2, 0.25) is 0 Å². The molecule has 1 N–H and O–H groups in total. The van der Waals surface area contributed by atoms with E-state index in [0.717, 1.165) is 24.4 Å². The van der Waals surface area contributed by atoms with E-state index in [2.05, 4.69) is 67.6 Å². The molecule has 0 aliphatic rings. The van der Waals surface area contributed by atoms with Crippen molar-refractivity contribution in [2.75, 3.05) is 6.54 Å². The van der Waals surface area contributed by atoms with Gasteiger partial charge in [-0.05, 0) is 37.3 Å². The highest BCUT2D eigenvalue weighted by Crippen LogP contribution is 2.16. The summed E-state index contributed by atoms with van der Waals surface area (Å²) in [5.74, 6) is 0.716. The summed E-state index contributed by atoms with van der Waals surface area (Å²) in [6.07, 6.45) is 2.16. The van der Waals surface area contributed by atoms with E-state index in [1.807, 2.05) is 0 Å². The van der Waals surface area contributed by atoms with E-state index in [-0.39, 0.29) is 0 Å². The van der Waals surface area contributed by atoms with E-state index in [1.165, 1.54) is 16.8 Å². The number of hydrogen-bond donors (Lipinski definition) is 1. The van der Waals surface area contributed by atoms with Crippen LogP contribution in [0.5, 0.6) is 0 Å². The maximum Gasteiger partial charge on any atom is 0.0897 e. The van der Waals surface area contributed by atoms with Gasteiger partial charge in [-0.2, -0.15) is 0 Å². The number of aromatic nitrogens is 1. The Bertz CT molecular complexity index is 543. The standard InChI is InChI=1S/C18H26N2S/c1-13(2)11-16-5-7-17(8-6-16)14(3)19-10-9-18-12-21-15(4)20-18/h5-8,12-14,19H,9-11H2,1-4H3. The van der Waals surface area contributed by atoms with Crippen LogP contribution in [0.3, 0.4) is 0 Å². The highest BCUT2D eigenvalue weighted by Gasteiger charge is 2.06. The lowest BCUT2D eigenvalue weighted by Gasteiger charge is -2.15. The number of aryl methyl sites for hydroxylation is 1. The summed E-state index contributed by atoms with van der Waals surface area (Å²) in [4.78, 5) is 4.50. The molecule has 2 nitrogen and oxygen atoms in total. The molecular formula is C18H26N2S. The zero-order chi connectivity index (χ0) is 15.2. The van der Waals surface area contributed by atoms with Gasteiger partial charge in [-0.3, -0.25) is 0 Å². The van der Waals surface area contributed by atoms with E-state index in [9.17, 15) is 0 Å². The molecule has 0 saturated heterocycles. The molecule has 1 atom stereocenters. The van der Waals surface area contributed by atoms with Crippen molar-refractivity contribution in [3.63, 3.8) is 0 Å². The van der Waals surface area contributed by atoms with Crippen LogP contribution in [-0.2, 0) is 12.8 Å². The van der Waals surface area contributed by atoms with Crippen LogP contribution in [0.15, 0.2) is 29.6 Å². The van der Waals surface area contributed by atoms with Gasteiger partial charge in [0.05, 0.1) is 10.7 Å². The molecule has 0 amide bonds. The quantitative estimate of drug-likeness (QED) is 0.812. The van der Waals surface area contributed by atoms with E-state index in [1.54, 1.807) is 11.3 Å². The van der Waals surface area contributed by atoms with Crippen molar-refractivity contribution in [3.8, 4) is 0 Å². The summed E-state index contributed by atoms with van der Waals surface area (Å²) in [5.41, 5.74) is 3.99. The first-order valence-electron chi connectivity index (χ1n) is 7.78. The van der Waals surface area contributed by atoms with Gasteiger partial charge in [-0.25, -0.2) is 4.98 Å². The third kappa shape index (κ3) is 5.25. The third-order valence-electron chi connectivity index (χ3n) is 3.62. The topological polar surface area (TPSA) is 24.9 Å².